The van der Waals surface area contributed by atoms with Crippen molar-refractivity contribution >= 4 is 11.9 Å². The Hall–Kier alpha value is -1.06. The summed E-state index contributed by atoms with van der Waals surface area (Å²) in [7, 11) is 1.41. The van der Waals surface area contributed by atoms with Crippen molar-refractivity contribution in [2.24, 2.45) is 17.8 Å². The Morgan fingerprint density at radius 1 is 1.15 bits per heavy atom. The molecule has 0 heterocycles. The molecule has 114 valence electrons. The summed E-state index contributed by atoms with van der Waals surface area (Å²) in [4.78, 5) is 22.8. The Morgan fingerprint density at radius 2 is 2.00 bits per heavy atom. The zero-order chi connectivity index (χ0) is 14.4. The number of unbranched alkanes of at least 4 members (excludes halogenated alkanes) is 2. The summed E-state index contributed by atoms with van der Waals surface area (Å²) in [5.74, 6) is 2.45. The molecule has 4 nitrogen and oxygen atoms in total. The Balaban J connectivity index is 1.47. The molecule has 0 radical (unpaired) electrons. The van der Waals surface area contributed by atoms with Gasteiger partial charge in [-0.25, -0.2) is 0 Å². The summed E-state index contributed by atoms with van der Waals surface area (Å²) >= 11 is 0. The molecule has 0 aromatic rings. The SMILES string of the molecule is COC(=O)CCCCCNC(=O)CC1CC2CCC1C2. The van der Waals surface area contributed by atoms with Gasteiger partial charge in [0, 0.05) is 19.4 Å². The molecule has 2 rings (SSSR count). The van der Waals surface area contributed by atoms with Crippen LogP contribution in [0.15, 0.2) is 0 Å². The lowest BCUT2D eigenvalue weighted by molar-refractivity contribution is -0.140. The highest BCUT2D eigenvalue weighted by Gasteiger charge is 2.39. The van der Waals surface area contributed by atoms with Gasteiger partial charge >= 0.3 is 5.97 Å². The van der Waals surface area contributed by atoms with Gasteiger partial charge in [0.25, 0.3) is 0 Å². The maximum atomic E-state index is 11.9. The van der Waals surface area contributed by atoms with Crippen molar-refractivity contribution < 1.29 is 14.3 Å². The average molecular weight is 281 g/mol. The van der Waals surface area contributed by atoms with E-state index in [0.29, 0.717) is 12.3 Å². The van der Waals surface area contributed by atoms with Gasteiger partial charge in [0.1, 0.15) is 0 Å². The minimum atomic E-state index is -0.148. The molecule has 2 fully saturated rings. The molecule has 0 spiro atoms. The first-order valence-electron chi connectivity index (χ1n) is 8.02. The summed E-state index contributed by atoms with van der Waals surface area (Å²) in [5, 5.41) is 3.02. The topological polar surface area (TPSA) is 55.4 Å². The van der Waals surface area contributed by atoms with Crippen LogP contribution in [0.2, 0.25) is 0 Å². The van der Waals surface area contributed by atoms with Crippen molar-refractivity contribution in [1.82, 2.24) is 5.32 Å². The van der Waals surface area contributed by atoms with Crippen molar-refractivity contribution in [2.45, 2.75) is 57.8 Å². The monoisotopic (exact) mass is 281 g/mol. The highest BCUT2D eigenvalue weighted by Crippen LogP contribution is 2.49. The molecule has 2 bridgehead atoms. The van der Waals surface area contributed by atoms with Gasteiger partial charge in [0.05, 0.1) is 7.11 Å². The van der Waals surface area contributed by atoms with E-state index in [-0.39, 0.29) is 11.9 Å². The number of amides is 1. The van der Waals surface area contributed by atoms with Gasteiger partial charge in [-0.1, -0.05) is 12.8 Å². The first kappa shape index (κ1) is 15.3. The Morgan fingerprint density at radius 3 is 2.65 bits per heavy atom. The Kier molecular flexibility index (Phi) is 5.86. The van der Waals surface area contributed by atoms with Crippen LogP contribution in [0.4, 0.5) is 0 Å². The van der Waals surface area contributed by atoms with Gasteiger partial charge in [0.15, 0.2) is 0 Å². The number of carbonyl (C=O) groups is 2. The number of ether oxygens (including phenoxy) is 1. The molecule has 0 saturated heterocycles. The largest absolute Gasteiger partial charge is 0.469 e. The second kappa shape index (κ2) is 7.65. The van der Waals surface area contributed by atoms with Gasteiger partial charge in [-0.2, -0.15) is 0 Å². The smallest absolute Gasteiger partial charge is 0.305 e. The second-order valence-electron chi connectivity index (χ2n) is 6.38. The molecule has 4 heteroatoms. The van der Waals surface area contributed by atoms with Crippen LogP contribution in [0.1, 0.15) is 57.8 Å². The minimum absolute atomic E-state index is 0.148. The molecule has 1 N–H and O–H groups in total. The summed E-state index contributed by atoms with van der Waals surface area (Å²) < 4.78 is 4.58. The molecule has 0 aromatic carbocycles. The number of esters is 1. The van der Waals surface area contributed by atoms with E-state index < -0.39 is 0 Å². The highest BCUT2D eigenvalue weighted by molar-refractivity contribution is 5.76. The number of methoxy groups -OCH3 is 1. The molecule has 20 heavy (non-hydrogen) atoms. The number of carbonyl (C=O) groups excluding carboxylic acids is 2. The number of hydrogen-bond acceptors (Lipinski definition) is 3. The molecule has 3 atom stereocenters. The number of rotatable bonds is 8. The van der Waals surface area contributed by atoms with E-state index in [1.54, 1.807) is 0 Å². The molecular formula is C16H27NO3. The van der Waals surface area contributed by atoms with Gasteiger partial charge in [-0.05, 0) is 49.9 Å². The second-order valence-corrected chi connectivity index (χ2v) is 6.38. The lowest BCUT2D eigenvalue weighted by atomic mass is 9.86. The van der Waals surface area contributed by atoms with Crippen LogP contribution < -0.4 is 5.32 Å². The van der Waals surface area contributed by atoms with Crippen LogP contribution >= 0.6 is 0 Å². The summed E-state index contributed by atoms with van der Waals surface area (Å²) in [5.41, 5.74) is 0. The third-order valence-corrected chi connectivity index (χ3v) is 4.94. The molecular weight excluding hydrogens is 254 g/mol. The Labute approximate surface area is 121 Å². The lowest BCUT2D eigenvalue weighted by Gasteiger charge is -2.20. The molecule has 0 aromatic heterocycles. The fraction of sp³-hybridized carbons (Fsp3) is 0.875. The van der Waals surface area contributed by atoms with Crippen LogP contribution in [-0.2, 0) is 14.3 Å². The van der Waals surface area contributed by atoms with Crippen molar-refractivity contribution in [2.75, 3.05) is 13.7 Å². The highest BCUT2D eigenvalue weighted by atomic mass is 16.5. The van der Waals surface area contributed by atoms with Gasteiger partial charge in [-0.3, -0.25) is 9.59 Å². The normalized spacial score (nSPS) is 27.6. The van der Waals surface area contributed by atoms with Crippen LogP contribution in [0.25, 0.3) is 0 Å². The van der Waals surface area contributed by atoms with E-state index in [1.165, 1.54) is 32.8 Å². The zero-order valence-electron chi connectivity index (χ0n) is 12.5. The predicted octanol–water partition coefficient (Wildman–Crippen LogP) is 2.66. The van der Waals surface area contributed by atoms with E-state index in [9.17, 15) is 9.59 Å². The van der Waals surface area contributed by atoms with Gasteiger partial charge in [-0.15, -0.1) is 0 Å². The molecule has 1 amide bonds. The van der Waals surface area contributed by atoms with Gasteiger partial charge in [0.2, 0.25) is 5.91 Å². The average Bonchev–Trinajstić information content (AvgIpc) is 3.04. The van der Waals surface area contributed by atoms with E-state index >= 15 is 0 Å². The van der Waals surface area contributed by atoms with Crippen LogP contribution in [0, 0.1) is 17.8 Å². The molecule has 2 aliphatic carbocycles. The van der Waals surface area contributed by atoms with Gasteiger partial charge < -0.3 is 10.1 Å². The third-order valence-electron chi connectivity index (χ3n) is 4.94. The summed E-state index contributed by atoms with van der Waals surface area (Å²) in [6.45, 7) is 0.737. The maximum absolute atomic E-state index is 11.9. The number of hydrogen-bond donors (Lipinski definition) is 1. The van der Waals surface area contributed by atoms with Crippen molar-refractivity contribution in [3.8, 4) is 0 Å². The van der Waals surface area contributed by atoms with E-state index in [0.717, 1.165) is 44.1 Å². The van der Waals surface area contributed by atoms with Crippen LogP contribution in [-0.4, -0.2) is 25.5 Å². The number of fused-ring (bicyclic) bond motifs is 2. The minimum Gasteiger partial charge on any atom is -0.469 e. The summed E-state index contributed by atoms with van der Waals surface area (Å²) in [6, 6.07) is 0. The molecule has 2 saturated carbocycles. The standard InChI is InChI=1S/C16H27NO3/c1-20-16(19)5-3-2-4-8-17-15(18)11-14-10-12-6-7-13(14)9-12/h12-14H,2-11H2,1H3,(H,17,18). The Bertz CT molecular complexity index is 343. The van der Waals surface area contributed by atoms with E-state index in [4.69, 9.17) is 0 Å². The molecule has 3 unspecified atom stereocenters. The maximum Gasteiger partial charge on any atom is 0.305 e. The lowest BCUT2D eigenvalue weighted by Crippen LogP contribution is -2.28. The third kappa shape index (κ3) is 4.50. The molecule has 0 aliphatic heterocycles. The summed E-state index contributed by atoms with van der Waals surface area (Å²) in [6.07, 6.45) is 9.33. The van der Waals surface area contributed by atoms with Crippen molar-refractivity contribution in [3.05, 3.63) is 0 Å². The number of nitrogens with one attached hydrogen (secondary N) is 1. The van der Waals surface area contributed by atoms with Crippen molar-refractivity contribution in [3.63, 3.8) is 0 Å². The van der Waals surface area contributed by atoms with Crippen LogP contribution in [0.5, 0.6) is 0 Å². The fourth-order valence-electron chi connectivity index (χ4n) is 3.84. The quantitative estimate of drug-likeness (QED) is 0.549. The van der Waals surface area contributed by atoms with E-state index in [2.05, 4.69) is 10.1 Å². The zero-order valence-corrected chi connectivity index (χ0v) is 12.5. The van der Waals surface area contributed by atoms with Crippen LogP contribution in [0.3, 0.4) is 0 Å². The molecule has 2 aliphatic rings. The fourth-order valence-corrected chi connectivity index (χ4v) is 3.84. The first-order valence-corrected chi connectivity index (χ1v) is 8.02. The van der Waals surface area contributed by atoms with Crippen molar-refractivity contribution in [1.29, 1.82) is 0 Å². The first-order chi connectivity index (χ1) is 9.69. The van der Waals surface area contributed by atoms with E-state index in [1.807, 2.05) is 0 Å². The predicted molar refractivity (Wildman–Crippen MR) is 77.0 cm³/mol.